The maximum Gasteiger partial charge on any atom is 1.00 e. The van der Waals surface area contributed by atoms with E-state index in [1.807, 2.05) is 0 Å². The molecule has 0 bridgehead atoms. The fourth-order valence-electron chi connectivity index (χ4n) is 1.90. The third-order valence-electron chi connectivity index (χ3n) is 2.95. The fraction of sp³-hybridized carbons (Fsp3) is 0.636. The molecule has 8 heteroatoms. The molecule has 0 atom stereocenters. The van der Waals surface area contributed by atoms with Gasteiger partial charge >= 0.3 is 35.6 Å². The zero-order valence-corrected chi connectivity index (χ0v) is 13.0. The van der Waals surface area contributed by atoms with Crippen LogP contribution in [0.15, 0.2) is 6.20 Å². The van der Waals surface area contributed by atoms with Crippen molar-refractivity contribution in [1.29, 1.82) is 0 Å². The number of aliphatic hydroxyl groups is 2. The van der Waals surface area contributed by atoms with Crippen LogP contribution in [0.4, 0.5) is 4.79 Å². The topological polar surface area (TPSA) is 96.6 Å². The molecule has 1 aromatic rings. The van der Waals surface area contributed by atoms with Crippen LogP contribution in [0.2, 0.25) is 0 Å². The number of nitrogens with one attached hydrogen (secondary N) is 1. The van der Waals surface area contributed by atoms with E-state index in [0.29, 0.717) is 24.5 Å². The number of amides is 1. The van der Waals surface area contributed by atoms with E-state index in [-0.39, 0.29) is 56.3 Å². The molecule has 1 amide bonds. The Morgan fingerprint density at radius 2 is 2.16 bits per heavy atom. The van der Waals surface area contributed by atoms with Crippen LogP contribution in [0.3, 0.4) is 0 Å². The Balaban J connectivity index is 0.00000180. The van der Waals surface area contributed by atoms with Crippen LogP contribution in [0.5, 0.6) is 0 Å². The number of ether oxygens (including phenoxy) is 1. The monoisotopic (exact) mass is 279 g/mol. The van der Waals surface area contributed by atoms with Crippen LogP contribution >= 0.6 is 0 Å². The van der Waals surface area contributed by atoms with Gasteiger partial charge in [-0.25, -0.2) is 4.79 Å². The van der Waals surface area contributed by atoms with Crippen molar-refractivity contribution in [3.05, 3.63) is 17.5 Å². The second-order valence-corrected chi connectivity index (χ2v) is 4.20. The largest absolute Gasteiger partial charge is 1.00 e. The summed E-state index contributed by atoms with van der Waals surface area (Å²) in [6.07, 6.45) is 3.00. The number of carbonyl (C=O) groups excluding carboxylic acids is 1. The first-order valence-electron chi connectivity index (χ1n) is 5.92. The number of carbonyl (C=O) groups is 1. The number of hydrogen-bond acceptors (Lipinski definition) is 5. The fourth-order valence-corrected chi connectivity index (χ4v) is 1.90. The summed E-state index contributed by atoms with van der Waals surface area (Å²) in [5.74, 6) is 0. The molecule has 0 radical (unpaired) electrons. The summed E-state index contributed by atoms with van der Waals surface area (Å²) in [4.78, 5) is 11.9. The predicted molar refractivity (Wildman–Crippen MR) is 63.0 cm³/mol. The molecule has 1 saturated heterocycles. The van der Waals surface area contributed by atoms with Crippen molar-refractivity contribution in [1.82, 2.24) is 15.1 Å². The molecule has 0 unspecified atom stereocenters. The number of aliphatic hydroxyl groups excluding tert-OH is 2. The SMILES string of the molecule is O=C(NC1CCOCC1)n1cc(CO)c(CO)n1.[H-].[Na+]. The number of aromatic nitrogens is 2. The minimum Gasteiger partial charge on any atom is -1.00 e. The van der Waals surface area contributed by atoms with Gasteiger partial charge in [0, 0.05) is 31.0 Å². The summed E-state index contributed by atoms with van der Waals surface area (Å²) in [5, 5.41) is 24.9. The average Bonchev–Trinajstić information content (AvgIpc) is 2.83. The van der Waals surface area contributed by atoms with Gasteiger partial charge in [0.15, 0.2) is 0 Å². The van der Waals surface area contributed by atoms with Gasteiger partial charge in [-0.05, 0) is 12.8 Å². The van der Waals surface area contributed by atoms with Crippen LogP contribution in [0.1, 0.15) is 25.5 Å². The molecule has 0 aliphatic carbocycles. The summed E-state index contributed by atoms with van der Waals surface area (Å²) in [6, 6.07) is -0.262. The minimum atomic E-state index is -0.351. The van der Waals surface area contributed by atoms with Gasteiger partial charge in [-0.3, -0.25) is 0 Å². The van der Waals surface area contributed by atoms with Crippen molar-refractivity contribution in [2.24, 2.45) is 0 Å². The Morgan fingerprint density at radius 1 is 1.47 bits per heavy atom. The van der Waals surface area contributed by atoms with Gasteiger partial charge in [-0.2, -0.15) is 9.78 Å². The summed E-state index contributed by atoms with van der Waals surface area (Å²) < 4.78 is 6.32. The number of nitrogens with zero attached hydrogens (tertiary/aromatic N) is 2. The smallest absolute Gasteiger partial charge is 1.00 e. The Hall–Kier alpha value is -0.440. The zero-order valence-electron chi connectivity index (χ0n) is 12.0. The molecule has 0 aromatic carbocycles. The van der Waals surface area contributed by atoms with Crippen molar-refractivity contribution in [3.8, 4) is 0 Å². The van der Waals surface area contributed by atoms with Crippen molar-refractivity contribution < 1.29 is 50.7 Å². The molecule has 102 valence electrons. The summed E-state index contributed by atoms with van der Waals surface area (Å²) in [6.45, 7) is 0.746. The maximum absolute atomic E-state index is 11.9. The van der Waals surface area contributed by atoms with E-state index in [4.69, 9.17) is 14.9 Å². The van der Waals surface area contributed by atoms with E-state index in [9.17, 15) is 4.79 Å². The molecule has 3 N–H and O–H groups in total. The maximum atomic E-state index is 11.9. The third kappa shape index (κ3) is 4.27. The quantitative estimate of drug-likeness (QED) is 0.504. The first-order valence-corrected chi connectivity index (χ1v) is 5.92. The van der Waals surface area contributed by atoms with Crippen molar-refractivity contribution >= 4 is 6.03 Å². The van der Waals surface area contributed by atoms with Gasteiger partial charge < -0.3 is 21.7 Å². The normalized spacial score (nSPS) is 15.9. The molecule has 0 spiro atoms. The van der Waals surface area contributed by atoms with E-state index in [2.05, 4.69) is 10.4 Å². The second-order valence-electron chi connectivity index (χ2n) is 4.20. The molecule has 2 rings (SSSR count). The standard InChI is InChI=1S/C11H17N3O4.Na.H/c15-6-8-5-14(13-10(8)7-16)11(17)12-9-1-3-18-4-2-9;;/h5,9,15-16H,1-4,6-7H2,(H,12,17);;/q;+1;-1. The van der Waals surface area contributed by atoms with Gasteiger partial charge in [0.2, 0.25) is 0 Å². The van der Waals surface area contributed by atoms with Gasteiger partial charge in [0.1, 0.15) is 0 Å². The molecular weight excluding hydrogens is 261 g/mol. The molecule has 2 heterocycles. The molecular formula is C11H18N3NaO4. The summed E-state index contributed by atoms with van der Waals surface area (Å²) in [5.41, 5.74) is 0.777. The molecule has 0 saturated carbocycles. The molecule has 1 aliphatic heterocycles. The van der Waals surface area contributed by atoms with E-state index in [1.54, 1.807) is 0 Å². The van der Waals surface area contributed by atoms with Crippen molar-refractivity contribution in [3.63, 3.8) is 0 Å². The molecule has 19 heavy (non-hydrogen) atoms. The van der Waals surface area contributed by atoms with Crippen molar-refractivity contribution in [2.75, 3.05) is 13.2 Å². The molecule has 7 nitrogen and oxygen atoms in total. The Bertz CT molecular complexity index is 402. The van der Waals surface area contributed by atoms with E-state index in [1.165, 1.54) is 6.20 Å². The van der Waals surface area contributed by atoms with Crippen molar-refractivity contribution in [2.45, 2.75) is 32.1 Å². The first-order chi connectivity index (χ1) is 8.74. The Kier molecular flexibility index (Phi) is 6.98. The molecule has 1 fully saturated rings. The van der Waals surface area contributed by atoms with Crippen LogP contribution in [0.25, 0.3) is 0 Å². The number of hydrogen-bond donors (Lipinski definition) is 3. The average molecular weight is 279 g/mol. The van der Waals surface area contributed by atoms with Crippen LogP contribution in [0, 0.1) is 0 Å². The predicted octanol–water partition coefficient (Wildman–Crippen LogP) is -3.28. The van der Waals surface area contributed by atoms with Gasteiger partial charge in [0.25, 0.3) is 0 Å². The zero-order chi connectivity index (χ0) is 13.0. The summed E-state index contributed by atoms with van der Waals surface area (Å²) in [7, 11) is 0. The molecule has 1 aromatic heterocycles. The van der Waals surface area contributed by atoms with E-state index >= 15 is 0 Å². The first kappa shape index (κ1) is 16.6. The minimum absolute atomic E-state index is 0. The third-order valence-corrected chi connectivity index (χ3v) is 2.95. The van der Waals surface area contributed by atoms with E-state index < -0.39 is 0 Å². The van der Waals surface area contributed by atoms with E-state index in [0.717, 1.165) is 17.5 Å². The van der Waals surface area contributed by atoms with Crippen LogP contribution in [-0.4, -0.2) is 45.3 Å². The Morgan fingerprint density at radius 3 is 2.68 bits per heavy atom. The molecule has 1 aliphatic rings. The Labute approximate surface area is 134 Å². The van der Waals surface area contributed by atoms with Crippen LogP contribution < -0.4 is 34.9 Å². The van der Waals surface area contributed by atoms with Gasteiger partial charge in [-0.1, -0.05) is 0 Å². The second kappa shape index (κ2) is 7.98. The van der Waals surface area contributed by atoms with Gasteiger partial charge in [-0.15, -0.1) is 0 Å². The number of rotatable bonds is 3. The van der Waals surface area contributed by atoms with Crippen LogP contribution in [-0.2, 0) is 18.0 Å². The van der Waals surface area contributed by atoms with Gasteiger partial charge in [0.05, 0.1) is 18.9 Å². The summed E-state index contributed by atoms with van der Waals surface area (Å²) >= 11 is 0.